The SMILES string of the molecule is CCCCC/C=C\C/C=C\CCCCCCCCCCOCC(COP(=O)(O)OCC(O)CO)OC(=O)CCCCCCC/C=C\CCCCC. The van der Waals surface area contributed by atoms with Crippen LogP contribution in [-0.2, 0) is 27.9 Å². The molecule has 0 rings (SSSR count). The molecule has 0 heterocycles. The highest BCUT2D eigenvalue weighted by molar-refractivity contribution is 7.47. The fraction of sp³-hybridized carbons (Fsp3) is 0.829. The number of aliphatic hydroxyl groups excluding tert-OH is 2. The van der Waals surface area contributed by atoms with E-state index in [9.17, 15) is 19.4 Å². The van der Waals surface area contributed by atoms with E-state index in [1.165, 1.54) is 83.5 Å². The zero-order valence-electron chi connectivity index (χ0n) is 32.6. The molecule has 0 saturated carbocycles. The summed E-state index contributed by atoms with van der Waals surface area (Å²) in [4.78, 5) is 22.5. The van der Waals surface area contributed by atoms with E-state index in [1.54, 1.807) is 0 Å². The molecule has 3 atom stereocenters. The molecule has 300 valence electrons. The van der Waals surface area contributed by atoms with E-state index in [2.05, 4.69) is 50.3 Å². The number of carbonyl (C=O) groups excluding carboxylic acids is 1. The van der Waals surface area contributed by atoms with Crippen LogP contribution in [0.5, 0.6) is 0 Å². The van der Waals surface area contributed by atoms with Crippen LogP contribution < -0.4 is 0 Å². The zero-order chi connectivity index (χ0) is 37.5. The summed E-state index contributed by atoms with van der Waals surface area (Å²) in [5.41, 5.74) is 0. The average molecular weight is 745 g/mol. The number of hydrogen-bond donors (Lipinski definition) is 3. The van der Waals surface area contributed by atoms with Crippen molar-refractivity contribution in [2.75, 3.05) is 33.0 Å². The van der Waals surface area contributed by atoms with Gasteiger partial charge in [0.1, 0.15) is 12.2 Å². The maximum atomic E-state index is 12.6. The van der Waals surface area contributed by atoms with Crippen LogP contribution in [0.25, 0.3) is 0 Å². The molecule has 3 N–H and O–H groups in total. The van der Waals surface area contributed by atoms with Crippen molar-refractivity contribution in [3.63, 3.8) is 0 Å². The Morgan fingerprint density at radius 1 is 0.608 bits per heavy atom. The fourth-order valence-electron chi connectivity index (χ4n) is 5.38. The normalized spacial score (nSPS) is 14.5. The van der Waals surface area contributed by atoms with E-state index in [-0.39, 0.29) is 19.6 Å². The fourth-order valence-corrected chi connectivity index (χ4v) is 6.17. The highest BCUT2D eigenvalue weighted by Gasteiger charge is 2.26. The van der Waals surface area contributed by atoms with Crippen LogP contribution in [0.4, 0.5) is 0 Å². The minimum absolute atomic E-state index is 0.0423. The summed E-state index contributed by atoms with van der Waals surface area (Å²) in [6, 6.07) is 0. The van der Waals surface area contributed by atoms with E-state index in [0.717, 1.165) is 70.6 Å². The molecular weight excluding hydrogens is 667 g/mol. The van der Waals surface area contributed by atoms with Crippen molar-refractivity contribution in [2.24, 2.45) is 0 Å². The van der Waals surface area contributed by atoms with Crippen molar-refractivity contribution < 1.29 is 43.0 Å². The van der Waals surface area contributed by atoms with Gasteiger partial charge in [-0.25, -0.2) is 4.57 Å². The lowest BCUT2D eigenvalue weighted by Gasteiger charge is -2.20. The molecule has 0 aromatic heterocycles. The van der Waals surface area contributed by atoms with Gasteiger partial charge in [0.05, 0.1) is 26.4 Å². The molecule has 0 bridgehead atoms. The average Bonchev–Trinajstić information content (AvgIpc) is 3.12. The molecular formula is C41H77O9P. The predicted octanol–water partition coefficient (Wildman–Crippen LogP) is 10.9. The van der Waals surface area contributed by atoms with E-state index in [1.807, 2.05) is 0 Å². The summed E-state index contributed by atoms with van der Waals surface area (Å²) in [5, 5.41) is 18.3. The summed E-state index contributed by atoms with van der Waals surface area (Å²) in [6.45, 7) is 3.44. The second-order valence-electron chi connectivity index (χ2n) is 13.6. The lowest BCUT2D eigenvalue weighted by Crippen LogP contribution is -2.29. The molecule has 0 spiro atoms. The van der Waals surface area contributed by atoms with Crippen molar-refractivity contribution in [1.29, 1.82) is 0 Å². The lowest BCUT2D eigenvalue weighted by atomic mass is 10.1. The summed E-state index contributed by atoms with van der Waals surface area (Å²) in [7, 11) is -4.52. The molecule has 51 heavy (non-hydrogen) atoms. The lowest BCUT2D eigenvalue weighted by molar-refractivity contribution is -0.154. The van der Waals surface area contributed by atoms with E-state index in [4.69, 9.17) is 23.6 Å². The number of esters is 1. The minimum atomic E-state index is -4.52. The number of phosphoric ester groups is 1. The first-order valence-electron chi connectivity index (χ1n) is 20.5. The van der Waals surface area contributed by atoms with Crippen LogP contribution in [0.2, 0.25) is 0 Å². The second kappa shape index (κ2) is 38.4. The van der Waals surface area contributed by atoms with Crippen LogP contribution in [-0.4, -0.2) is 66.3 Å². The third-order valence-corrected chi connectivity index (χ3v) is 9.50. The first-order chi connectivity index (χ1) is 24.8. The Morgan fingerprint density at radius 3 is 1.59 bits per heavy atom. The number of rotatable bonds is 39. The summed E-state index contributed by atoms with van der Waals surface area (Å²) >= 11 is 0. The van der Waals surface area contributed by atoms with Crippen LogP contribution in [0.1, 0.15) is 174 Å². The van der Waals surface area contributed by atoms with E-state index in [0.29, 0.717) is 6.61 Å². The highest BCUT2D eigenvalue weighted by Crippen LogP contribution is 2.43. The monoisotopic (exact) mass is 745 g/mol. The standard InChI is InChI=1S/C41H77O9P/c1-3-5-7-9-11-13-15-17-18-19-20-21-22-24-26-28-30-32-34-47-37-40(38-49-51(45,46)48-36-39(43)35-42)50-41(44)33-31-29-27-25-23-16-14-12-10-8-6-4-2/h11-14,17-18,39-40,42-43H,3-10,15-16,19-38H2,1-2H3,(H,45,46)/b13-11-,14-12-,18-17-. The maximum absolute atomic E-state index is 12.6. The number of ether oxygens (including phenoxy) is 2. The molecule has 0 aromatic rings. The van der Waals surface area contributed by atoms with Gasteiger partial charge in [-0.1, -0.05) is 134 Å². The molecule has 0 fully saturated rings. The number of carbonyl (C=O) groups is 1. The third-order valence-electron chi connectivity index (χ3n) is 8.55. The Morgan fingerprint density at radius 2 is 1.06 bits per heavy atom. The predicted molar refractivity (Wildman–Crippen MR) is 210 cm³/mol. The molecule has 0 aliphatic rings. The van der Waals surface area contributed by atoms with Gasteiger partial charge >= 0.3 is 13.8 Å². The van der Waals surface area contributed by atoms with Crippen LogP contribution >= 0.6 is 7.82 Å². The molecule has 3 unspecified atom stereocenters. The Hall–Kier alpha value is -1.32. The van der Waals surface area contributed by atoms with Gasteiger partial charge in [-0.05, 0) is 70.6 Å². The van der Waals surface area contributed by atoms with Crippen LogP contribution in [0, 0.1) is 0 Å². The smallest absolute Gasteiger partial charge is 0.457 e. The second-order valence-corrected chi connectivity index (χ2v) is 15.1. The maximum Gasteiger partial charge on any atom is 0.472 e. The van der Waals surface area contributed by atoms with Crippen molar-refractivity contribution >= 4 is 13.8 Å². The Balaban J connectivity index is 4.19. The van der Waals surface area contributed by atoms with Crippen LogP contribution in [0.3, 0.4) is 0 Å². The van der Waals surface area contributed by atoms with Gasteiger partial charge in [-0.2, -0.15) is 0 Å². The van der Waals surface area contributed by atoms with Gasteiger partial charge in [0.25, 0.3) is 0 Å². The molecule has 9 nitrogen and oxygen atoms in total. The first kappa shape index (κ1) is 49.7. The van der Waals surface area contributed by atoms with E-state index < -0.39 is 39.2 Å². The summed E-state index contributed by atoms with van der Waals surface area (Å²) in [5.74, 6) is -0.395. The van der Waals surface area contributed by atoms with Crippen molar-refractivity contribution in [2.45, 2.75) is 187 Å². The van der Waals surface area contributed by atoms with Crippen LogP contribution in [0.15, 0.2) is 36.5 Å². The van der Waals surface area contributed by atoms with Gasteiger partial charge < -0.3 is 24.6 Å². The molecule has 10 heteroatoms. The van der Waals surface area contributed by atoms with Gasteiger partial charge in [-0.3, -0.25) is 13.8 Å². The van der Waals surface area contributed by atoms with Crippen molar-refractivity contribution in [3.8, 4) is 0 Å². The number of unbranched alkanes of at least 4 members (excludes halogenated alkanes) is 19. The number of phosphoric acid groups is 1. The topological polar surface area (TPSA) is 132 Å². The van der Waals surface area contributed by atoms with Gasteiger partial charge in [0, 0.05) is 13.0 Å². The molecule has 0 aliphatic heterocycles. The minimum Gasteiger partial charge on any atom is -0.457 e. The number of allylic oxidation sites excluding steroid dienone is 6. The molecule has 0 saturated heterocycles. The number of aliphatic hydroxyl groups is 2. The van der Waals surface area contributed by atoms with Gasteiger partial charge in [0.15, 0.2) is 0 Å². The van der Waals surface area contributed by atoms with E-state index >= 15 is 0 Å². The molecule has 0 radical (unpaired) electrons. The third kappa shape index (κ3) is 38.2. The summed E-state index contributed by atoms with van der Waals surface area (Å²) < 4.78 is 33.3. The van der Waals surface area contributed by atoms with Gasteiger partial charge in [-0.15, -0.1) is 0 Å². The Kier molecular flexibility index (Phi) is 37.4. The summed E-state index contributed by atoms with van der Waals surface area (Å²) in [6.07, 6.45) is 39.5. The largest absolute Gasteiger partial charge is 0.472 e. The quantitative estimate of drug-likeness (QED) is 0.0243. The first-order valence-corrected chi connectivity index (χ1v) is 22.0. The Bertz CT molecular complexity index is 892. The molecule has 0 aromatic carbocycles. The van der Waals surface area contributed by atoms with Crippen molar-refractivity contribution in [3.05, 3.63) is 36.5 Å². The number of hydrogen-bond acceptors (Lipinski definition) is 8. The van der Waals surface area contributed by atoms with Gasteiger partial charge in [0.2, 0.25) is 0 Å². The van der Waals surface area contributed by atoms with Crippen molar-refractivity contribution in [1.82, 2.24) is 0 Å². The Labute approximate surface area is 312 Å². The molecule has 0 aliphatic carbocycles. The zero-order valence-corrected chi connectivity index (χ0v) is 33.5. The highest BCUT2D eigenvalue weighted by atomic mass is 31.2. The molecule has 0 amide bonds.